The zero-order valence-electron chi connectivity index (χ0n) is 13.7. The molecule has 26 heavy (non-hydrogen) atoms. The van der Waals surface area contributed by atoms with Crippen molar-refractivity contribution in [2.75, 3.05) is 10.5 Å². The molecule has 6 nitrogen and oxygen atoms in total. The Balaban J connectivity index is 1.51. The molecule has 3 aromatic rings. The van der Waals surface area contributed by atoms with Crippen LogP contribution in [0.4, 0.5) is 10.2 Å². The highest BCUT2D eigenvalue weighted by Gasteiger charge is 2.24. The fourth-order valence-electron chi connectivity index (χ4n) is 2.79. The number of hydrogen-bond acceptors (Lipinski definition) is 4. The van der Waals surface area contributed by atoms with E-state index in [2.05, 4.69) is 9.71 Å². The molecule has 1 aromatic heterocycles. The van der Waals surface area contributed by atoms with Crippen molar-refractivity contribution in [1.82, 2.24) is 9.55 Å². The maximum absolute atomic E-state index is 13.2. The van der Waals surface area contributed by atoms with Gasteiger partial charge in [-0.25, -0.2) is 17.8 Å². The summed E-state index contributed by atoms with van der Waals surface area (Å²) in [6, 6.07) is 13.4. The second-order valence-corrected chi connectivity index (χ2v) is 7.84. The largest absolute Gasteiger partial charge is 0.489 e. The van der Waals surface area contributed by atoms with E-state index in [0.717, 1.165) is 11.1 Å². The van der Waals surface area contributed by atoms with Crippen LogP contribution in [0.2, 0.25) is 0 Å². The first-order valence-corrected chi connectivity index (χ1v) is 9.69. The van der Waals surface area contributed by atoms with Crippen molar-refractivity contribution in [3.63, 3.8) is 0 Å². The minimum absolute atomic E-state index is 0.0443. The number of ether oxygens (including phenoxy) is 1. The lowest BCUT2D eigenvalue weighted by atomic mass is 10.1. The van der Waals surface area contributed by atoms with Gasteiger partial charge in [-0.05, 0) is 42.0 Å². The van der Waals surface area contributed by atoms with Crippen LogP contribution < -0.4 is 9.46 Å². The number of nitrogens with one attached hydrogen (secondary N) is 1. The number of hydrogen-bond donors (Lipinski definition) is 1. The van der Waals surface area contributed by atoms with Crippen LogP contribution in [0.15, 0.2) is 54.9 Å². The molecule has 134 valence electrons. The third kappa shape index (κ3) is 3.41. The Morgan fingerprint density at radius 1 is 1.19 bits per heavy atom. The van der Waals surface area contributed by atoms with E-state index in [1.165, 1.54) is 12.1 Å². The monoisotopic (exact) mass is 373 g/mol. The van der Waals surface area contributed by atoms with Gasteiger partial charge in [0.1, 0.15) is 29.7 Å². The quantitative estimate of drug-likeness (QED) is 0.763. The number of nitrogens with zero attached hydrogens (tertiary/aromatic N) is 2. The van der Waals surface area contributed by atoms with E-state index in [9.17, 15) is 12.8 Å². The lowest BCUT2D eigenvalue weighted by Gasteiger charge is -2.17. The Hall–Kier alpha value is -2.87. The first kappa shape index (κ1) is 16.6. The summed E-state index contributed by atoms with van der Waals surface area (Å²) in [6.07, 6.45) is 1.63. The Labute approximate surface area is 150 Å². The Bertz CT molecular complexity index is 1050. The van der Waals surface area contributed by atoms with Gasteiger partial charge in [0.05, 0.1) is 12.1 Å². The predicted octanol–water partition coefficient (Wildman–Crippen LogP) is 3.02. The number of aromatic nitrogens is 2. The first-order chi connectivity index (χ1) is 12.5. The van der Waals surface area contributed by atoms with E-state index in [1.54, 1.807) is 35.2 Å². The molecule has 0 amide bonds. The maximum Gasteiger partial charge on any atom is 0.235 e. The molecule has 0 radical (unpaired) electrons. The molecule has 0 aliphatic carbocycles. The summed E-state index contributed by atoms with van der Waals surface area (Å²) in [6.45, 7) is 0.642. The van der Waals surface area contributed by atoms with E-state index in [0.29, 0.717) is 23.8 Å². The standard InChI is InChI=1S/C18H16FN3O3S/c19-15-3-1-2-13(10-15)11-25-16-6-4-14(5-7-16)17-18-21-26(23,24)9-8-22(18)12-20-17/h1-7,10,12,21H,8-9,11H2. The SMILES string of the molecule is O=S1(=O)CCn2cnc(-c3ccc(OCc4cccc(F)c4)cc3)c2N1. The fraction of sp³-hybridized carbons (Fsp3) is 0.167. The highest BCUT2D eigenvalue weighted by Crippen LogP contribution is 2.30. The molecular formula is C18H16FN3O3S. The topological polar surface area (TPSA) is 73.2 Å². The number of sulfonamides is 1. The van der Waals surface area contributed by atoms with E-state index in [-0.39, 0.29) is 18.2 Å². The highest BCUT2D eigenvalue weighted by molar-refractivity contribution is 7.92. The normalized spacial score (nSPS) is 15.1. The Morgan fingerprint density at radius 3 is 2.77 bits per heavy atom. The van der Waals surface area contributed by atoms with E-state index in [1.807, 2.05) is 12.1 Å². The van der Waals surface area contributed by atoms with Crippen molar-refractivity contribution in [3.8, 4) is 17.0 Å². The summed E-state index contributed by atoms with van der Waals surface area (Å²) in [5, 5.41) is 0. The third-order valence-electron chi connectivity index (χ3n) is 4.11. The van der Waals surface area contributed by atoms with Gasteiger partial charge in [0, 0.05) is 12.1 Å². The van der Waals surface area contributed by atoms with E-state index < -0.39 is 10.0 Å². The van der Waals surface area contributed by atoms with E-state index >= 15 is 0 Å². The maximum atomic E-state index is 13.2. The van der Waals surface area contributed by atoms with Crippen LogP contribution in [-0.4, -0.2) is 23.7 Å². The molecule has 0 atom stereocenters. The van der Waals surface area contributed by atoms with Gasteiger partial charge in [-0.3, -0.25) is 4.72 Å². The van der Waals surface area contributed by atoms with Crippen molar-refractivity contribution >= 4 is 15.8 Å². The fourth-order valence-corrected chi connectivity index (χ4v) is 3.84. The molecule has 1 N–H and O–H groups in total. The van der Waals surface area contributed by atoms with Gasteiger partial charge in [0.15, 0.2) is 0 Å². The molecule has 0 spiro atoms. The molecule has 2 aromatic carbocycles. The number of benzene rings is 2. The van der Waals surface area contributed by atoms with Crippen LogP contribution in [0.1, 0.15) is 5.56 Å². The van der Waals surface area contributed by atoms with Gasteiger partial charge in [0.2, 0.25) is 10.0 Å². The minimum atomic E-state index is -3.31. The van der Waals surface area contributed by atoms with Gasteiger partial charge in [-0.15, -0.1) is 0 Å². The molecule has 0 saturated carbocycles. The van der Waals surface area contributed by atoms with Gasteiger partial charge in [0.25, 0.3) is 0 Å². The molecule has 0 bridgehead atoms. The molecule has 2 heterocycles. The number of anilines is 1. The molecular weight excluding hydrogens is 357 g/mol. The Kier molecular flexibility index (Phi) is 4.12. The van der Waals surface area contributed by atoms with Crippen LogP contribution in [-0.2, 0) is 23.2 Å². The molecule has 1 aliphatic heterocycles. The van der Waals surface area contributed by atoms with Crippen LogP contribution in [0.25, 0.3) is 11.3 Å². The van der Waals surface area contributed by atoms with Crippen LogP contribution >= 0.6 is 0 Å². The van der Waals surface area contributed by atoms with Gasteiger partial charge < -0.3 is 9.30 Å². The Morgan fingerprint density at radius 2 is 2.00 bits per heavy atom. The number of rotatable bonds is 4. The van der Waals surface area contributed by atoms with Gasteiger partial charge in [-0.2, -0.15) is 0 Å². The lowest BCUT2D eigenvalue weighted by molar-refractivity contribution is 0.305. The summed E-state index contributed by atoms with van der Waals surface area (Å²) in [7, 11) is -3.31. The van der Waals surface area contributed by atoms with Crippen LogP contribution in [0, 0.1) is 5.82 Å². The van der Waals surface area contributed by atoms with Crippen molar-refractivity contribution in [2.24, 2.45) is 0 Å². The number of aryl methyl sites for hydroxylation is 1. The van der Waals surface area contributed by atoms with Crippen molar-refractivity contribution < 1.29 is 17.5 Å². The molecule has 0 saturated heterocycles. The predicted molar refractivity (Wildman–Crippen MR) is 95.8 cm³/mol. The first-order valence-electron chi connectivity index (χ1n) is 8.03. The third-order valence-corrected chi connectivity index (χ3v) is 5.34. The average Bonchev–Trinajstić information content (AvgIpc) is 3.02. The smallest absolute Gasteiger partial charge is 0.235 e. The van der Waals surface area contributed by atoms with Gasteiger partial charge >= 0.3 is 0 Å². The summed E-state index contributed by atoms with van der Waals surface area (Å²) in [5.74, 6) is 0.854. The van der Waals surface area contributed by atoms with Crippen LogP contribution in [0.3, 0.4) is 0 Å². The molecule has 0 unspecified atom stereocenters. The number of fused-ring (bicyclic) bond motifs is 1. The number of halogens is 1. The van der Waals surface area contributed by atoms with Crippen molar-refractivity contribution in [1.29, 1.82) is 0 Å². The average molecular weight is 373 g/mol. The molecule has 0 fully saturated rings. The van der Waals surface area contributed by atoms with Crippen LogP contribution in [0.5, 0.6) is 5.75 Å². The summed E-state index contributed by atoms with van der Waals surface area (Å²) in [5.41, 5.74) is 2.10. The highest BCUT2D eigenvalue weighted by atomic mass is 32.2. The minimum Gasteiger partial charge on any atom is -0.489 e. The summed E-state index contributed by atoms with van der Waals surface area (Å²) < 4.78 is 46.8. The second-order valence-electron chi connectivity index (χ2n) is 6.00. The number of imidazole rings is 1. The van der Waals surface area contributed by atoms with Crippen molar-refractivity contribution in [2.45, 2.75) is 13.2 Å². The lowest BCUT2D eigenvalue weighted by Crippen LogP contribution is -2.27. The zero-order valence-corrected chi connectivity index (χ0v) is 14.5. The van der Waals surface area contributed by atoms with E-state index in [4.69, 9.17) is 4.74 Å². The second kappa shape index (κ2) is 6.45. The zero-order chi connectivity index (χ0) is 18.1. The summed E-state index contributed by atoms with van der Waals surface area (Å²) >= 11 is 0. The van der Waals surface area contributed by atoms with Crippen molar-refractivity contribution in [3.05, 3.63) is 66.2 Å². The van der Waals surface area contributed by atoms with Gasteiger partial charge in [-0.1, -0.05) is 12.1 Å². The summed E-state index contributed by atoms with van der Waals surface area (Å²) in [4.78, 5) is 4.32. The molecule has 8 heteroatoms. The molecule has 4 rings (SSSR count). The molecule has 1 aliphatic rings.